The monoisotopic (exact) mass is 860 g/mol. The highest BCUT2D eigenvalue weighted by Gasteiger charge is 2.25. The summed E-state index contributed by atoms with van der Waals surface area (Å²) in [6.45, 7) is 0.322. The van der Waals surface area contributed by atoms with Crippen LogP contribution in [0.5, 0.6) is 0 Å². The molecule has 324 valence electrons. The Labute approximate surface area is 358 Å². The smallest absolute Gasteiger partial charge is 0.413 e. The van der Waals surface area contributed by atoms with Gasteiger partial charge in [-0.15, -0.1) is 0 Å². The predicted molar refractivity (Wildman–Crippen MR) is 234 cm³/mol. The number of amides is 2. The molecule has 0 aliphatic carbocycles. The van der Waals surface area contributed by atoms with Crippen molar-refractivity contribution >= 4 is 68.9 Å². The van der Waals surface area contributed by atoms with Crippen molar-refractivity contribution in [3.05, 3.63) is 108 Å². The molecule has 0 radical (unpaired) electrons. The van der Waals surface area contributed by atoms with Crippen LogP contribution in [-0.2, 0) is 22.6 Å². The van der Waals surface area contributed by atoms with Crippen LogP contribution in [0.4, 0.5) is 53.0 Å². The van der Waals surface area contributed by atoms with Crippen LogP contribution in [0, 0.1) is 11.6 Å². The van der Waals surface area contributed by atoms with Gasteiger partial charge in [0.05, 0.1) is 38.1 Å². The van der Waals surface area contributed by atoms with Crippen molar-refractivity contribution in [3.63, 3.8) is 0 Å². The standard InChI is InChI=1S/2C20H19FN8O2.CH4/c2*1-28(20(30)31-2)15-16(22)25-18(26-17(15)23)14-12-7-5-9-24-19(12)29(27-14)10-11-6-3-4-8-13(11)21;/h2*3-9H,10H2,1-2H3,(H4,22,23,25,26);1H4. The van der Waals surface area contributed by atoms with E-state index in [0.717, 1.165) is 9.80 Å². The maximum Gasteiger partial charge on any atom is 0.413 e. The van der Waals surface area contributed by atoms with Crippen molar-refractivity contribution in [3.8, 4) is 23.0 Å². The summed E-state index contributed by atoms with van der Waals surface area (Å²) in [7, 11) is 5.36. The van der Waals surface area contributed by atoms with Gasteiger partial charge in [-0.1, -0.05) is 43.8 Å². The van der Waals surface area contributed by atoms with E-state index in [1.54, 1.807) is 82.4 Å². The minimum Gasteiger partial charge on any atom is -0.452 e. The van der Waals surface area contributed by atoms with Crippen molar-refractivity contribution < 1.29 is 27.8 Å². The Morgan fingerprint density at radius 2 is 0.937 bits per heavy atom. The second kappa shape index (κ2) is 18.4. The van der Waals surface area contributed by atoms with Gasteiger partial charge >= 0.3 is 12.2 Å². The number of methoxy groups -OCH3 is 2. The summed E-state index contributed by atoms with van der Waals surface area (Å²) in [4.78, 5) is 51.8. The number of hydrogen-bond donors (Lipinski definition) is 4. The van der Waals surface area contributed by atoms with E-state index in [2.05, 4.69) is 49.6 Å². The molecule has 22 heteroatoms. The summed E-state index contributed by atoms with van der Waals surface area (Å²) in [5.41, 5.74) is 27.2. The van der Waals surface area contributed by atoms with E-state index in [0.29, 0.717) is 44.6 Å². The lowest BCUT2D eigenvalue weighted by Gasteiger charge is -2.18. The number of carbonyl (C=O) groups excluding carboxylic acids is 2. The third kappa shape index (κ3) is 8.71. The molecule has 63 heavy (non-hydrogen) atoms. The van der Waals surface area contributed by atoms with Gasteiger partial charge in [0.2, 0.25) is 0 Å². The molecule has 0 saturated heterocycles. The molecule has 0 aliphatic heterocycles. The maximum absolute atomic E-state index is 14.2. The first kappa shape index (κ1) is 44.0. The highest BCUT2D eigenvalue weighted by atomic mass is 19.1. The zero-order valence-electron chi connectivity index (χ0n) is 33.6. The number of hydrogen-bond acceptors (Lipinski definition) is 16. The number of rotatable bonds is 8. The molecule has 0 spiro atoms. The van der Waals surface area contributed by atoms with Gasteiger partial charge in [0.1, 0.15) is 34.4 Å². The fourth-order valence-electron chi connectivity index (χ4n) is 6.48. The second-order valence-electron chi connectivity index (χ2n) is 13.3. The molecule has 8 rings (SSSR count). The minimum absolute atomic E-state index is 0. The van der Waals surface area contributed by atoms with Gasteiger partial charge in [-0.25, -0.2) is 57.6 Å². The van der Waals surface area contributed by atoms with Crippen LogP contribution in [0.2, 0.25) is 0 Å². The zero-order valence-corrected chi connectivity index (χ0v) is 33.6. The lowest BCUT2D eigenvalue weighted by atomic mass is 10.2. The van der Waals surface area contributed by atoms with Crippen LogP contribution >= 0.6 is 0 Å². The van der Waals surface area contributed by atoms with Crippen LogP contribution in [0.15, 0.2) is 85.2 Å². The molecule has 8 aromatic rings. The van der Waals surface area contributed by atoms with E-state index in [1.165, 1.54) is 40.4 Å². The molecule has 6 aromatic heterocycles. The molecule has 0 atom stereocenters. The van der Waals surface area contributed by atoms with E-state index >= 15 is 0 Å². The van der Waals surface area contributed by atoms with Crippen molar-refractivity contribution in [1.29, 1.82) is 0 Å². The molecule has 0 unspecified atom stereocenters. The first-order valence-corrected chi connectivity index (χ1v) is 18.4. The number of ether oxygens (including phenoxy) is 2. The predicted octanol–water partition coefficient (Wildman–Crippen LogP) is 5.52. The third-order valence-electron chi connectivity index (χ3n) is 9.44. The molecule has 0 saturated carbocycles. The molecular formula is C41H42F2N16O4. The van der Waals surface area contributed by atoms with E-state index in [9.17, 15) is 18.4 Å². The number of anilines is 6. The average Bonchev–Trinajstić information content (AvgIpc) is 3.82. The van der Waals surface area contributed by atoms with Crippen LogP contribution in [-0.4, -0.2) is 90.0 Å². The van der Waals surface area contributed by atoms with E-state index in [4.69, 9.17) is 22.9 Å². The number of fused-ring (bicyclic) bond motifs is 2. The maximum atomic E-state index is 14.2. The van der Waals surface area contributed by atoms with E-state index in [1.807, 2.05) is 0 Å². The fourth-order valence-corrected chi connectivity index (χ4v) is 6.48. The highest BCUT2D eigenvalue weighted by Crippen LogP contribution is 2.34. The number of aromatic nitrogens is 10. The van der Waals surface area contributed by atoms with Gasteiger partial charge in [0.25, 0.3) is 0 Å². The number of nitrogens with two attached hydrogens (primary N) is 4. The Bertz CT molecular complexity index is 2730. The molecule has 2 aromatic carbocycles. The summed E-state index contributed by atoms with van der Waals surface area (Å²) < 4.78 is 40.8. The Kier molecular flexibility index (Phi) is 12.8. The number of halogens is 2. The Balaban J connectivity index is 0.000000206. The van der Waals surface area contributed by atoms with Crippen LogP contribution in [0.25, 0.3) is 45.1 Å². The SMILES string of the molecule is C.COC(=O)N(C)c1c(N)nc(-c2nn(Cc3ccccc3F)c3ncccc23)nc1N.COC(=O)N(C)c1c(N)nc(-c2nn(Cc3ccccc3F)c3ncccc23)nc1N. The quantitative estimate of drug-likeness (QED) is 0.146. The van der Waals surface area contributed by atoms with Crippen molar-refractivity contribution in [1.82, 2.24) is 49.5 Å². The number of nitrogens with zero attached hydrogens (tertiary/aromatic N) is 12. The summed E-state index contributed by atoms with van der Waals surface area (Å²) >= 11 is 0. The molecule has 0 bridgehead atoms. The van der Waals surface area contributed by atoms with Crippen molar-refractivity contribution in [2.75, 3.05) is 61.0 Å². The third-order valence-corrected chi connectivity index (χ3v) is 9.44. The summed E-state index contributed by atoms with van der Waals surface area (Å²) in [5, 5.41) is 10.4. The van der Waals surface area contributed by atoms with Crippen LogP contribution < -0.4 is 32.7 Å². The van der Waals surface area contributed by atoms with Gasteiger partial charge in [0.15, 0.2) is 46.2 Å². The molecule has 2 amide bonds. The number of benzene rings is 2. The summed E-state index contributed by atoms with van der Waals surface area (Å²) in [5.74, 6) is -0.448. The van der Waals surface area contributed by atoms with Gasteiger partial charge in [0, 0.05) is 37.6 Å². The Morgan fingerprint density at radius 1 is 0.587 bits per heavy atom. The van der Waals surface area contributed by atoms with Crippen molar-refractivity contribution in [2.45, 2.75) is 20.5 Å². The average molecular weight is 861 g/mol. The normalized spacial score (nSPS) is 10.8. The summed E-state index contributed by atoms with van der Waals surface area (Å²) in [6, 6.07) is 19.9. The fraction of sp³-hybridized carbons (Fsp3) is 0.171. The molecule has 0 aliphatic rings. The van der Waals surface area contributed by atoms with Crippen molar-refractivity contribution in [2.24, 2.45) is 0 Å². The minimum atomic E-state index is -0.668. The van der Waals surface area contributed by atoms with Crippen LogP contribution in [0.1, 0.15) is 18.6 Å². The van der Waals surface area contributed by atoms with Gasteiger partial charge in [-0.2, -0.15) is 10.2 Å². The van der Waals surface area contributed by atoms with Gasteiger partial charge < -0.3 is 32.4 Å². The van der Waals surface area contributed by atoms with Gasteiger partial charge in [-0.05, 0) is 36.4 Å². The highest BCUT2D eigenvalue weighted by molar-refractivity contribution is 5.97. The molecule has 6 heterocycles. The number of pyridine rings is 2. The van der Waals surface area contributed by atoms with Gasteiger partial charge in [-0.3, -0.25) is 9.80 Å². The van der Waals surface area contributed by atoms with E-state index < -0.39 is 12.2 Å². The second-order valence-corrected chi connectivity index (χ2v) is 13.3. The zero-order chi connectivity index (χ0) is 44.2. The topological polar surface area (TPSA) is 276 Å². The molecule has 8 N–H and O–H groups in total. The number of carbonyl (C=O) groups is 2. The number of nitrogen functional groups attached to an aromatic ring is 4. The van der Waals surface area contributed by atoms with E-state index in [-0.39, 0.29) is 78.4 Å². The Hall–Kier alpha value is -8.56. The summed E-state index contributed by atoms with van der Waals surface area (Å²) in [6.07, 6.45) is 1.89. The largest absolute Gasteiger partial charge is 0.452 e. The lowest BCUT2D eigenvalue weighted by Crippen LogP contribution is -2.28. The molecular weight excluding hydrogens is 819 g/mol. The Morgan fingerprint density at radius 3 is 1.27 bits per heavy atom. The molecule has 0 fully saturated rings. The first-order valence-electron chi connectivity index (χ1n) is 18.4. The molecule has 20 nitrogen and oxygen atoms in total. The van der Waals surface area contributed by atoms with Crippen LogP contribution in [0.3, 0.4) is 0 Å². The first-order chi connectivity index (χ1) is 29.8. The lowest BCUT2D eigenvalue weighted by molar-refractivity contribution is 0.179.